The number of pyridine rings is 1. The van der Waals surface area contributed by atoms with Gasteiger partial charge in [-0.25, -0.2) is 4.98 Å². The van der Waals surface area contributed by atoms with Gasteiger partial charge in [-0.3, -0.25) is 0 Å². The number of nitrogens with zero attached hydrogens (tertiary/aromatic N) is 3. The number of hydrogen-bond donors (Lipinski definition) is 2. The van der Waals surface area contributed by atoms with Crippen LogP contribution in [0.3, 0.4) is 0 Å². The lowest BCUT2D eigenvalue weighted by atomic mass is 9.88. The lowest BCUT2D eigenvalue weighted by molar-refractivity contribution is 0.461. The zero-order chi connectivity index (χ0) is 18.6. The molecule has 27 heavy (non-hydrogen) atoms. The summed E-state index contributed by atoms with van der Waals surface area (Å²) in [4.78, 5) is 6.98. The first-order valence-corrected chi connectivity index (χ1v) is 10.0. The molecule has 5 heteroatoms. The lowest BCUT2D eigenvalue weighted by Gasteiger charge is -2.29. The predicted molar refractivity (Wildman–Crippen MR) is 110 cm³/mol. The van der Waals surface area contributed by atoms with E-state index in [1.165, 1.54) is 24.9 Å². The molecule has 0 unspecified atom stereocenters. The fraction of sp³-hybridized carbons (Fsp3) is 0.455. The maximum Gasteiger partial charge on any atom is 0.142 e. The minimum atomic E-state index is 0.324. The Balaban J connectivity index is 1.65. The molecule has 5 nitrogen and oxygen atoms in total. The summed E-state index contributed by atoms with van der Waals surface area (Å²) in [6.45, 7) is 4.22. The van der Waals surface area contributed by atoms with E-state index in [9.17, 15) is 5.26 Å². The molecule has 2 aliphatic rings. The number of nitrogens with one attached hydrogen (secondary N) is 1. The molecule has 4 rings (SSSR count). The molecule has 2 fully saturated rings. The number of hydrogen-bond acceptors (Lipinski definition) is 5. The summed E-state index contributed by atoms with van der Waals surface area (Å²) in [7, 11) is 0. The highest BCUT2D eigenvalue weighted by molar-refractivity contribution is 5.68. The van der Waals surface area contributed by atoms with Crippen molar-refractivity contribution in [1.82, 2.24) is 10.3 Å². The molecule has 2 saturated heterocycles. The smallest absolute Gasteiger partial charge is 0.142 e. The number of anilines is 2. The molecule has 0 radical (unpaired) electrons. The average Bonchev–Trinajstić information content (AvgIpc) is 2.74. The monoisotopic (exact) mass is 361 g/mol. The largest absolute Gasteiger partial charge is 0.383 e. The van der Waals surface area contributed by atoms with Crippen LogP contribution in [0.5, 0.6) is 0 Å². The number of aromatic nitrogens is 1. The molecule has 140 valence electrons. The van der Waals surface area contributed by atoms with E-state index < -0.39 is 0 Å². The topological polar surface area (TPSA) is 78.0 Å². The van der Waals surface area contributed by atoms with Crippen LogP contribution >= 0.6 is 0 Å². The third kappa shape index (κ3) is 3.77. The van der Waals surface area contributed by atoms with E-state index in [2.05, 4.69) is 51.6 Å². The minimum Gasteiger partial charge on any atom is -0.383 e. The quantitative estimate of drug-likeness (QED) is 0.872. The van der Waals surface area contributed by atoms with Gasteiger partial charge in [-0.2, -0.15) is 5.26 Å². The number of benzene rings is 1. The van der Waals surface area contributed by atoms with E-state index in [1.807, 2.05) is 0 Å². The van der Waals surface area contributed by atoms with Crippen molar-refractivity contribution < 1.29 is 0 Å². The number of nitriles is 1. The van der Waals surface area contributed by atoms with Gasteiger partial charge in [0.1, 0.15) is 11.9 Å². The zero-order valence-electron chi connectivity index (χ0n) is 15.7. The molecule has 1 aromatic carbocycles. The van der Waals surface area contributed by atoms with Crippen molar-refractivity contribution in [3.05, 3.63) is 41.5 Å². The van der Waals surface area contributed by atoms with Crippen LogP contribution in [0.25, 0.3) is 11.3 Å². The van der Waals surface area contributed by atoms with E-state index >= 15 is 0 Å². The normalized spacial score (nSPS) is 20.3. The molecule has 0 aliphatic carbocycles. The van der Waals surface area contributed by atoms with Crippen LogP contribution in [0.4, 0.5) is 11.5 Å². The SMILES string of the molecule is N#Cc1c([C@@H]2CCCNC2)cc(-c2ccc(N3CCCCC3)cc2)nc1N. The maximum absolute atomic E-state index is 9.58. The van der Waals surface area contributed by atoms with Crippen molar-refractivity contribution in [2.45, 2.75) is 38.0 Å². The third-order valence-electron chi connectivity index (χ3n) is 5.81. The molecular weight excluding hydrogens is 334 g/mol. The van der Waals surface area contributed by atoms with E-state index in [1.54, 1.807) is 0 Å². The summed E-state index contributed by atoms with van der Waals surface area (Å²) in [6.07, 6.45) is 6.08. The standard InChI is InChI=1S/C22H27N5/c23-14-20-19(17-5-4-10-25-15-17)13-21(26-22(20)24)16-6-8-18(9-7-16)27-11-2-1-3-12-27/h6-9,13,17,25H,1-5,10-12,15H2,(H2,24,26)/t17-/m1/s1. The Hall–Kier alpha value is -2.58. The van der Waals surface area contributed by atoms with Crippen LogP contribution in [-0.4, -0.2) is 31.2 Å². The molecule has 0 spiro atoms. The Labute approximate surface area is 161 Å². The summed E-state index contributed by atoms with van der Waals surface area (Å²) >= 11 is 0. The number of nitrogen functional groups attached to an aromatic ring is 1. The highest BCUT2D eigenvalue weighted by atomic mass is 15.1. The summed E-state index contributed by atoms with van der Waals surface area (Å²) in [6, 6.07) is 13.0. The van der Waals surface area contributed by atoms with Crippen molar-refractivity contribution in [1.29, 1.82) is 5.26 Å². The molecule has 0 bridgehead atoms. The van der Waals surface area contributed by atoms with Crippen molar-refractivity contribution in [3.8, 4) is 17.3 Å². The molecular formula is C22H27N5. The molecule has 2 aliphatic heterocycles. The van der Waals surface area contributed by atoms with Gasteiger partial charge in [0.05, 0.1) is 11.3 Å². The number of piperidine rings is 2. The first kappa shape index (κ1) is 17.8. The van der Waals surface area contributed by atoms with Crippen LogP contribution in [0.1, 0.15) is 49.1 Å². The Kier molecular flexibility index (Phi) is 5.26. The molecule has 0 amide bonds. The molecule has 3 heterocycles. The van der Waals surface area contributed by atoms with Crippen molar-refractivity contribution >= 4 is 11.5 Å². The van der Waals surface area contributed by atoms with Crippen molar-refractivity contribution in [2.75, 3.05) is 36.8 Å². The predicted octanol–water partition coefficient (Wildman–Crippen LogP) is 3.66. The van der Waals surface area contributed by atoms with Gasteiger partial charge >= 0.3 is 0 Å². The Morgan fingerprint density at radius 3 is 2.56 bits per heavy atom. The second kappa shape index (κ2) is 7.98. The number of nitrogens with two attached hydrogens (primary N) is 1. The molecule has 3 N–H and O–H groups in total. The second-order valence-corrected chi connectivity index (χ2v) is 7.61. The first-order chi connectivity index (χ1) is 13.3. The van der Waals surface area contributed by atoms with Crippen LogP contribution in [-0.2, 0) is 0 Å². The van der Waals surface area contributed by atoms with Crippen molar-refractivity contribution in [2.24, 2.45) is 0 Å². The number of rotatable bonds is 3. The van der Waals surface area contributed by atoms with E-state index in [0.29, 0.717) is 17.3 Å². The molecule has 1 atom stereocenters. The van der Waals surface area contributed by atoms with Crippen LogP contribution < -0.4 is 16.0 Å². The fourth-order valence-electron chi connectivity index (χ4n) is 4.29. The maximum atomic E-state index is 9.58. The van der Waals surface area contributed by atoms with Gasteiger partial charge in [0.25, 0.3) is 0 Å². The van der Waals surface area contributed by atoms with E-state index in [4.69, 9.17) is 5.73 Å². The average molecular weight is 361 g/mol. The van der Waals surface area contributed by atoms with Crippen molar-refractivity contribution in [3.63, 3.8) is 0 Å². The molecule has 0 saturated carbocycles. The highest BCUT2D eigenvalue weighted by Crippen LogP contribution is 2.32. The van der Waals surface area contributed by atoms with Gasteiger partial charge in [-0.1, -0.05) is 12.1 Å². The van der Waals surface area contributed by atoms with E-state index in [-0.39, 0.29) is 0 Å². The lowest BCUT2D eigenvalue weighted by Crippen LogP contribution is -2.29. The Morgan fingerprint density at radius 1 is 1.11 bits per heavy atom. The van der Waals surface area contributed by atoms with Crippen LogP contribution in [0, 0.1) is 11.3 Å². The highest BCUT2D eigenvalue weighted by Gasteiger charge is 2.22. The van der Waals surface area contributed by atoms with Crippen LogP contribution in [0.15, 0.2) is 30.3 Å². The molecule has 2 aromatic rings. The summed E-state index contributed by atoms with van der Waals surface area (Å²) in [5.74, 6) is 0.667. The second-order valence-electron chi connectivity index (χ2n) is 7.61. The van der Waals surface area contributed by atoms with Gasteiger partial charge in [-0.05, 0) is 68.3 Å². The first-order valence-electron chi connectivity index (χ1n) is 10.0. The van der Waals surface area contributed by atoms with Gasteiger partial charge in [-0.15, -0.1) is 0 Å². The van der Waals surface area contributed by atoms with Gasteiger partial charge < -0.3 is 16.0 Å². The molecule has 1 aromatic heterocycles. The van der Waals surface area contributed by atoms with Crippen LogP contribution in [0.2, 0.25) is 0 Å². The van der Waals surface area contributed by atoms with Gasteiger partial charge in [0, 0.05) is 30.9 Å². The third-order valence-corrected chi connectivity index (χ3v) is 5.81. The Morgan fingerprint density at radius 2 is 1.89 bits per heavy atom. The summed E-state index contributed by atoms with van der Waals surface area (Å²) in [5.41, 5.74) is 10.9. The summed E-state index contributed by atoms with van der Waals surface area (Å²) < 4.78 is 0. The Bertz CT molecular complexity index is 825. The van der Waals surface area contributed by atoms with Gasteiger partial charge in [0.15, 0.2) is 0 Å². The van der Waals surface area contributed by atoms with Gasteiger partial charge in [0.2, 0.25) is 0 Å². The minimum absolute atomic E-state index is 0.324. The zero-order valence-corrected chi connectivity index (χ0v) is 15.7. The summed E-state index contributed by atoms with van der Waals surface area (Å²) in [5, 5.41) is 13.0. The van der Waals surface area contributed by atoms with E-state index in [0.717, 1.165) is 55.8 Å². The fourth-order valence-corrected chi connectivity index (χ4v) is 4.29.